The maximum Gasteiger partial charge on any atom is 0.244 e. The zero-order valence-corrected chi connectivity index (χ0v) is 11.7. The zero-order valence-electron chi connectivity index (χ0n) is 10.1. The Kier molecular flexibility index (Phi) is 3.96. The van der Waals surface area contributed by atoms with Gasteiger partial charge in [-0.3, -0.25) is 9.59 Å². The molecule has 18 heavy (non-hydrogen) atoms. The molecule has 0 unspecified atom stereocenters. The third-order valence-electron chi connectivity index (χ3n) is 2.80. The van der Waals surface area contributed by atoms with Crippen molar-refractivity contribution in [3.63, 3.8) is 0 Å². The summed E-state index contributed by atoms with van der Waals surface area (Å²) in [6.45, 7) is 2.69. The minimum atomic E-state index is -0.186. The lowest BCUT2D eigenvalue weighted by Crippen LogP contribution is -2.33. The number of hydrogen-bond donors (Lipinski definition) is 1. The summed E-state index contributed by atoms with van der Waals surface area (Å²) < 4.78 is 0.759. The number of hydrogen-bond acceptors (Lipinski definition) is 3. The molecule has 1 aliphatic rings. The van der Waals surface area contributed by atoms with Crippen LogP contribution in [0.3, 0.4) is 0 Å². The normalized spacial score (nSPS) is 15.0. The standard InChI is InChI=1S/C12H14BrN3O2/c1-8-5-9(6-14-12(8)13)15-10(17)7-16-4-2-3-11(16)18/h5-6H,2-4,7H2,1H3,(H,15,17). The minimum Gasteiger partial charge on any atom is -0.333 e. The maximum absolute atomic E-state index is 11.8. The van der Waals surface area contributed by atoms with Crippen LogP contribution in [0.4, 0.5) is 5.69 Å². The molecule has 1 aromatic rings. The lowest BCUT2D eigenvalue weighted by Gasteiger charge is -2.15. The van der Waals surface area contributed by atoms with Crippen LogP contribution in [-0.2, 0) is 9.59 Å². The van der Waals surface area contributed by atoms with Crippen molar-refractivity contribution in [1.82, 2.24) is 9.88 Å². The highest BCUT2D eigenvalue weighted by Gasteiger charge is 2.22. The smallest absolute Gasteiger partial charge is 0.244 e. The van der Waals surface area contributed by atoms with Crippen LogP contribution in [0.1, 0.15) is 18.4 Å². The Hall–Kier alpha value is -1.43. The van der Waals surface area contributed by atoms with E-state index in [0.29, 0.717) is 18.7 Å². The molecule has 6 heteroatoms. The molecule has 96 valence electrons. The number of halogens is 1. The van der Waals surface area contributed by atoms with Gasteiger partial charge in [-0.2, -0.15) is 0 Å². The van der Waals surface area contributed by atoms with Crippen LogP contribution >= 0.6 is 15.9 Å². The number of carbonyl (C=O) groups is 2. The average molecular weight is 312 g/mol. The quantitative estimate of drug-likeness (QED) is 0.864. The van der Waals surface area contributed by atoms with Crippen molar-refractivity contribution < 1.29 is 9.59 Å². The summed E-state index contributed by atoms with van der Waals surface area (Å²) >= 11 is 3.30. The summed E-state index contributed by atoms with van der Waals surface area (Å²) in [5, 5.41) is 2.74. The molecule has 5 nitrogen and oxygen atoms in total. The van der Waals surface area contributed by atoms with Gasteiger partial charge in [0, 0.05) is 13.0 Å². The molecule has 1 N–H and O–H groups in total. The van der Waals surface area contributed by atoms with E-state index in [4.69, 9.17) is 0 Å². The lowest BCUT2D eigenvalue weighted by molar-refractivity contribution is -0.131. The van der Waals surface area contributed by atoms with Gasteiger partial charge in [0.25, 0.3) is 0 Å². The number of nitrogens with one attached hydrogen (secondary N) is 1. The first-order chi connectivity index (χ1) is 8.56. The van der Waals surface area contributed by atoms with Crippen LogP contribution in [0, 0.1) is 6.92 Å². The predicted octanol–water partition coefficient (Wildman–Crippen LogP) is 1.71. The highest BCUT2D eigenvalue weighted by molar-refractivity contribution is 9.10. The Morgan fingerprint density at radius 2 is 2.39 bits per heavy atom. The fourth-order valence-electron chi connectivity index (χ4n) is 1.87. The third-order valence-corrected chi connectivity index (χ3v) is 3.63. The molecule has 0 aliphatic carbocycles. The summed E-state index contributed by atoms with van der Waals surface area (Å²) in [5.41, 5.74) is 1.59. The number of aromatic nitrogens is 1. The van der Waals surface area contributed by atoms with E-state index in [1.807, 2.05) is 13.0 Å². The van der Waals surface area contributed by atoms with Gasteiger partial charge in [-0.1, -0.05) is 0 Å². The maximum atomic E-state index is 11.8. The summed E-state index contributed by atoms with van der Waals surface area (Å²) in [6.07, 6.45) is 2.97. The van der Waals surface area contributed by atoms with Gasteiger partial charge in [-0.05, 0) is 40.9 Å². The molecule has 0 spiro atoms. The first kappa shape index (κ1) is 13.0. The first-order valence-corrected chi connectivity index (χ1v) is 6.55. The molecule has 1 saturated heterocycles. The molecular weight excluding hydrogens is 298 g/mol. The van der Waals surface area contributed by atoms with E-state index in [2.05, 4.69) is 26.2 Å². The second-order valence-electron chi connectivity index (χ2n) is 4.30. The van der Waals surface area contributed by atoms with Gasteiger partial charge in [0.2, 0.25) is 11.8 Å². The number of likely N-dealkylation sites (tertiary alicyclic amines) is 1. The van der Waals surface area contributed by atoms with Crippen LogP contribution in [0.25, 0.3) is 0 Å². The van der Waals surface area contributed by atoms with Crippen molar-refractivity contribution >= 4 is 33.4 Å². The average Bonchev–Trinajstić information content (AvgIpc) is 2.70. The van der Waals surface area contributed by atoms with Gasteiger partial charge >= 0.3 is 0 Å². The van der Waals surface area contributed by atoms with Crippen LogP contribution in [0.15, 0.2) is 16.9 Å². The van der Waals surface area contributed by atoms with Gasteiger partial charge in [-0.25, -0.2) is 4.98 Å². The zero-order chi connectivity index (χ0) is 13.1. The van der Waals surface area contributed by atoms with E-state index in [1.54, 1.807) is 11.1 Å². The number of amides is 2. The Morgan fingerprint density at radius 3 is 3.00 bits per heavy atom. The monoisotopic (exact) mass is 311 g/mol. The van der Waals surface area contributed by atoms with Gasteiger partial charge < -0.3 is 10.2 Å². The second-order valence-corrected chi connectivity index (χ2v) is 5.05. The molecule has 1 aliphatic heterocycles. The molecule has 2 amide bonds. The summed E-state index contributed by atoms with van der Waals surface area (Å²) in [5.74, 6) is -0.135. The van der Waals surface area contributed by atoms with Crippen LogP contribution in [-0.4, -0.2) is 34.8 Å². The van der Waals surface area contributed by atoms with Crippen LogP contribution in [0.5, 0.6) is 0 Å². The lowest BCUT2D eigenvalue weighted by atomic mass is 10.3. The van der Waals surface area contributed by atoms with Crippen LogP contribution < -0.4 is 5.32 Å². The number of carbonyl (C=O) groups excluding carboxylic acids is 2. The molecule has 1 aromatic heterocycles. The SMILES string of the molecule is Cc1cc(NC(=O)CN2CCCC2=O)cnc1Br. The van der Waals surface area contributed by atoms with E-state index in [1.165, 1.54) is 0 Å². The van der Waals surface area contributed by atoms with Crippen molar-refractivity contribution in [2.75, 3.05) is 18.4 Å². The predicted molar refractivity (Wildman–Crippen MR) is 71.1 cm³/mol. The van der Waals surface area contributed by atoms with Crippen molar-refractivity contribution in [3.05, 3.63) is 22.4 Å². The fraction of sp³-hybridized carbons (Fsp3) is 0.417. The fourth-order valence-corrected chi connectivity index (χ4v) is 2.09. The number of nitrogens with zero attached hydrogens (tertiary/aromatic N) is 2. The highest BCUT2D eigenvalue weighted by atomic mass is 79.9. The molecule has 0 bridgehead atoms. The molecule has 1 fully saturated rings. The Morgan fingerprint density at radius 1 is 1.61 bits per heavy atom. The number of pyridine rings is 1. The second kappa shape index (κ2) is 5.48. The summed E-state index contributed by atoms with van der Waals surface area (Å²) in [4.78, 5) is 28.8. The van der Waals surface area contributed by atoms with Gasteiger partial charge in [0.1, 0.15) is 4.60 Å². The topological polar surface area (TPSA) is 62.3 Å². The van der Waals surface area contributed by atoms with Crippen molar-refractivity contribution in [2.24, 2.45) is 0 Å². The highest BCUT2D eigenvalue weighted by Crippen LogP contribution is 2.17. The molecule has 0 radical (unpaired) electrons. The Labute approximate surface area is 114 Å². The Balaban J connectivity index is 1.94. The molecule has 0 saturated carbocycles. The largest absolute Gasteiger partial charge is 0.333 e. The van der Waals surface area contributed by atoms with E-state index >= 15 is 0 Å². The summed E-state index contributed by atoms with van der Waals surface area (Å²) in [6, 6.07) is 1.83. The number of rotatable bonds is 3. The first-order valence-electron chi connectivity index (χ1n) is 5.76. The summed E-state index contributed by atoms with van der Waals surface area (Å²) in [7, 11) is 0. The van der Waals surface area contributed by atoms with Crippen molar-refractivity contribution in [1.29, 1.82) is 0 Å². The van der Waals surface area contributed by atoms with Crippen molar-refractivity contribution in [2.45, 2.75) is 19.8 Å². The molecule has 2 rings (SSSR count). The number of aryl methyl sites for hydroxylation is 1. The molecular formula is C12H14BrN3O2. The van der Waals surface area contributed by atoms with E-state index in [9.17, 15) is 9.59 Å². The van der Waals surface area contributed by atoms with E-state index in [0.717, 1.165) is 16.6 Å². The van der Waals surface area contributed by atoms with E-state index in [-0.39, 0.29) is 18.4 Å². The molecule has 0 aromatic carbocycles. The third kappa shape index (κ3) is 3.07. The van der Waals surface area contributed by atoms with Gasteiger partial charge in [0.05, 0.1) is 18.4 Å². The minimum absolute atomic E-state index is 0.0512. The molecule has 2 heterocycles. The van der Waals surface area contributed by atoms with E-state index < -0.39 is 0 Å². The Bertz CT molecular complexity index is 490. The van der Waals surface area contributed by atoms with Gasteiger partial charge in [0.15, 0.2) is 0 Å². The van der Waals surface area contributed by atoms with Crippen LogP contribution in [0.2, 0.25) is 0 Å². The number of anilines is 1. The van der Waals surface area contributed by atoms with Crippen molar-refractivity contribution in [3.8, 4) is 0 Å². The van der Waals surface area contributed by atoms with Gasteiger partial charge in [-0.15, -0.1) is 0 Å². The molecule has 0 atom stereocenters.